The summed E-state index contributed by atoms with van der Waals surface area (Å²) in [7, 11) is 1.36. The van der Waals surface area contributed by atoms with Crippen molar-refractivity contribution < 1.29 is 29.0 Å². The summed E-state index contributed by atoms with van der Waals surface area (Å²) in [5, 5.41) is 14.9. The Hall–Kier alpha value is -3.82. The SMILES string of the molecule is COC(=O)C1(NC(=O)c2ccncc2)CCCCC1.O=C(NC1(C(=O)O)CCCCC1)c1ccncc1. The molecular weight excluding hydrogens is 476 g/mol. The summed E-state index contributed by atoms with van der Waals surface area (Å²) in [4.78, 5) is 55.3. The van der Waals surface area contributed by atoms with Crippen molar-refractivity contribution in [2.75, 3.05) is 7.11 Å². The van der Waals surface area contributed by atoms with E-state index in [9.17, 15) is 24.3 Å². The Morgan fingerprint density at radius 3 is 1.46 bits per heavy atom. The number of aromatic nitrogens is 2. The Labute approximate surface area is 216 Å². The largest absolute Gasteiger partial charge is 0.480 e. The highest BCUT2D eigenvalue weighted by molar-refractivity contribution is 5.98. The molecule has 0 aliphatic heterocycles. The third kappa shape index (κ3) is 7.12. The van der Waals surface area contributed by atoms with Crippen molar-refractivity contribution in [1.29, 1.82) is 0 Å². The first-order valence-electron chi connectivity index (χ1n) is 12.6. The van der Waals surface area contributed by atoms with Gasteiger partial charge in [-0.2, -0.15) is 0 Å². The van der Waals surface area contributed by atoms with Crippen LogP contribution in [0.25, 0.3) is 0 Å². The van der Waals surface area contributed by atoms with Gasteiger partial charge in [0.2, 0.25) is 0 Å². The molecule has 2 fully saturated rings. The van der Waals surface area contributed by atoms with Gasteiger partial charge in [0.1, 0.15) is 11.1 Å². The maximum Gasteiger partial charge on any atom is 0.331 e. The zero-order valence-electron chi connectivity index (χ0n) is 21.1. The van der Waals surface area contributed by atoms with E-state index in [1.54, 1.807) is 36.7 Å². The van der Waals surface area contributed by atoms with Crippen LogP contribution in [0.2, 0.25) is 0 Å². The first-order valence-corrected chi connectivity index (χ1v) is 12.6. The highest BCUT2D eigenvalue weighted by Gasteiger charge is 2.42. The number of carbonyl (C=O) groups excluding carboxylic acids is 3. The fourth-order valence-corrected chi connectivity index (χ4v) is 4.86. The Morgan fingerprint density at radius 2 is 1.08 bits per heavy atom. The standard InChI is InChI=1S/C14H18N2O3.C13H16N2O3/c1-19-13(18)14(7-3-2-4-8-14)16-12(17)11-5-9-15-10-6-11;16-11(10-4-8-14-9-5-10)15-13(12(17)18)6-2-1-3-7-13/h5-6,9-10H,2-4,7-8H2,1H3,(H,16,17);4-5,8-9H,1-3,6-7H2,(H,15,16)(H,17,18). The summed E-state index contributed by atoms with van der Waals surface area (Å²) >= 11 is 0. The maximum absolute atomic E-state index is 12.2. The van der Waals surface area contributed by atoms with Crippen LogP contribution in [0.15, 0.2) is 49.1 Å². The number of esters is 1. The van der Waals surface area contributed by atoms with Crippen LogP contribution >= 0.6 is 0 Å². The monoisotopic (exact) mass is 510 g/mol. The number of ether oxygens (including phenoxy) is 1. The van der Waals surface area contributed by atoms with E-state index in [2.05, 4.69) is 20.6 Å². The lowest BCUT2D eigenvalue weighted by Crippen LogP contribution is -2.56. The first kappa shape index (κ1) is 27.8. The van der Waals surface area contributed by atoms with Crippen LogP contribution in [-0.4, -0.2) is 57.0 Å². The molecule has 198 valence electrons. The second-order valence-electron chi connectivity index (χ2n) is 9.46. The van der Waals surface area contributed by atoms with Gasteiger partial charge in [-0.1, -0.05) is 38.5 Å². The summed E-state index contributed by atoms with van der Waals surface area (Å²) in [6, 6.07) is 6.41. The fraction of sp³-hybridized carbons (Fsp3) is 0.481. The van der Waals surface area contributed by atoms with Crippen LogP contribution < -0.4 is 10.6 Å². The predicted octanol–water partition coefficient (Wildman–Crippen LogP) is 3.29. The van der Waals surface area contributed by atoms with Crippen LogP contribution in [0.1, 0.15) is 84.9 Å². The Kier molecular flexibility index (Phi) is 9.71. The molecule has 10 nitrogen and oxygen atoms in total. The first-order chi connectivity index (χ1) is 17.8. The number of nitrogens with zero attached hydrogens (tertiary/aromatic N) is 2. The molecule has 2 saturated carbocycles. The van der Waals surface area contributed by atoms with Crippen molar-refractivity contribution >= 4 is 23.8 Å². The molecule has 0 spiro atoms. The van der Waals surface area contributed by atoms with Crippen molar-refractivity contribution in [3.8, 4) is 0 Å². The lowest BCUT2D eigenvalue weighted by molar-refractivity contribution is -0.149. The molecule has 0 saturated heterocycles. The number of carboxylic acids is 1. The van der Waals surface area contributed by atoms with Crippen molar-refractivity contribution in [2.24, 2.45) is 0 Å². The molecule has 10 heteroatoms. The van der Waals surface area contributed by atoms with Gasteiger partial charge in [0.05, 0.1) is 7.11 Å². The quantitative estimate of drug-likeness (QED) is 0.502. The molecular formula is C27H34N4O6. The van der Waals surface area contributed by atoms with Crippen molar-refractivity contribution in [1.82, 2.24) is 20.6 Å². The van der Waals surface area contributed by atoms with E-state index in [0.717, 1.165) is 38.5 Å². The highest BCUT2D eigenvalue weighted by atomic mass is 16.5. The van der Waals surface area contributed by atoms with Crippen LogP contribution in [-0.2, 0) is 14.3 Å². The van der Waals surface area contributed by atoms with Gasteiger partial charge >= 0.3 is 11.9 Å². The normalized spacial score (nSPS) is 17.8. The summed E-state index contributed by atoms with van der Waals surface area (Å²) in [5.74, 6) is -1.89. The Morgan fingerprint density at radius 1 is 0.703 bits per heavy atom. The molecule has 0 atom stereocenters. The molecule has 2 amide bonds. The van der Waals surface area contributed by atoms with Gasteiger partial charge in [0.15, 0.2) is 0 Å². The number of pyridine rings is 2. The van der Waals surface area contributed by atoms with Crippen LogP contribution in [0.5, 0.6) is 0 Å². The number of nitrogens with one attached hydrogen (secondary N) is 2. The number of methoxy groups -OCH3 is 1. The molecule has 37 heavy (non-hydrogen) atoms. The summed E-state index contributed by atoms with van der Waals surface area (Å²) in [6.07, 6.45) is 14.0. The van der Waals surface area contributed by atoms with E-state index in [0.29, 0.717) is 36.8 Å². The van der Waals surface area contributed by atoms with Gasteiger partial charge < -0.3 is 20.5 Å². The lowest BCUT2D eigenvalue weighted by atomic mass is 9.81. The minimum absolute atomic E-state index is 0.255. The second-order valence-corrected chi connectivity index (χ2v) is 9.46. The zero-order valence-corrected chi connectivity index (χ0v) is 21.1. The molecule has 0 radical (unpaired) electrons. The van der Waals surface area contributed by atoms with E-state index >= 15 is 0 Å². The van der Waals surface area contributed by atoms with E-state index in [4.69, 9.17) is 4.74 Å². The molecule has 0 unspecified atom stereocenters. The average molecular weight is 511 g/mol. The topological polar surface area (TPSA) is 148 Å². The Balaban J connectivity index is 0.000000206. The average Bonchev–Trinajstić information content (AvgIpc) is 2.94. The smallest absolute Gasteiger partial charge is 0.331 e. The van der Waals surface area contributed by atoms with Gasteiger partial charge in [-0.3, -0.25) is 19.6 Å². The minimum atomic E-state index is -1.10. The summed E-state index contributed by atoms with van der Waals surface area (Å²) < 4.78 is 4.86. The van der Waals surface area contributed by atoms with Gasteiger partial charge in [0, 0.05) is 35.9 Å². The molecule has 2 aliphatic rings. The van der Waals surface area contributed by atoms with E-state index in [-0.39, 0.29) is 17.8 Å². The number of hydrogen-bond acceptors (Lipinski definition) is 7. The van der Waals surface area contributed by atoms with Gasteiger partial charge in [0.25, 0.3) is 11.8 Å². The van der Waals surface area contributed by atoms with Crippen molar-refractivity contribution in [3.63, 3.8) is 0 Å². The van der Waals surface area contributed by atoms with Crippen LogP contribution in [0.4, 0.5) is 0 Å². The molecule has 2 aromatic heterocycles. The number of carbonyl (C=O) groups is 4. The molecule has 0 bridgehead atoms. The minimum Gasteiger partial charge on any atom is -0.480 e. The summed E-state index contributed by atoms with van der Waals surface area (Å²) in [5.41, 5.74) is -1.02. The number of carboxylic acid groups (broad SMARTS) is 1. The number of aliphatic carboxylic acids is 1. The molecule has 0 aromatic carbocycles. The van der Waals surface area contributed by atoms with Gasteiger partial charge in [-0.05, 0) is 49.9 Å². The third-order valence-electron chi connectivity index (χ3n) is 6.99. The summed E-state index contributed by atoms with van der Waals surface area (Å²) in [6.45, 7) is 0. The highest BCUT2D eigenvalue weighted by Crippen LogP contribution is 2.30. The fourth-order valence-electron chi connectivity index (χ4n) is 4.86. The molecule has 2 aliphatic carbocycles. The maximum atomic E-state index is 12.2. The van der Waals surface area contributed by atoms with Crippen LogP contribution in [0.3, 0.4) is 0 Å². The Bertz CT molecular complexity index is 1060. The van der Waals surface area contributed by atoms with Crippen LogP contribution in [0, 0.1) is 0 Å². The number of rotatable bonds is 6. The predicted molar refractivity (Wildman–Crippen MR) is 135 cm³/mol. The zero-order chi connectivity index (χ0) is 26.7. The lowest BCUT2D eigenvalue weighted by Gasteiger charge is -2.35. The number of amides is 2. The van der Waals surface area contributed by atoms with Crippen molar-refractivity contribution in [3.05, 3.63) is 60.2 Å². The third-order valence-corrected chi connectivity index (χ3v) is 6.99. The van der Waals surface area contributed by atoms with Crippen molar-refractivity contribution in [2.45, 2.75) is 75.3 Å². The van der Waals surface area contributed by atoms with E-state index < -0.39 is 17.0 Å². The molecule has 2 heterocycles. The molecule has 2 aromatic rings. The second kappa shape index (κ2) is 12.9. The van der Waals surface area contributed by atoms with E-state index in [1.165, 1.54) is 19.5 Å². The van der Waals surface area contributed by atoms with Gasteiger partial charge in [-0.15, -0.1) is 0 Å². The number of hydrogen-bond donors (Lipinski definition) is 3. The molecule has 3 N–H and O–H groups in total. The van der Waals surface area contributed by atoms with E-state index in [1.807, 2.05) is 0 Å². The molecule has 4 rings (SSSR count). The van der Waals surface area contributed by atoms with Gasteiger partial charge in [-0.25, -0.2) is 9.59 Å².